The van der Waals surface area contributed by atoms with Gasteiger partial charge in [-0.2, -0.15) is 5.06 Å². The Bertz CT molecular complexity index is 990. The number of carbonyl (C=O) groups excluding carboxylic acids is 6. The summed E-state index contributed by atoms with van der Waals surface area (Å²) in [6, 6.07) is -1.28. The first kappa shape index (κ1) is 32.8. The fourth-order valence-corrected chi connectivity index (χ4v) is 4.27. The highest BCUT2D eigenvalue weighted by molar-refractivity contribution is 5.81. The van der Waals surface area contributed by atoms with Crippen LogP contribution in [-0.4, -0.2) is 96.1 Å². The van der Waals surface area contributed by atoms with Crippen LogP contribution in [0.3, 0.4) is 0 Å². The molecule has 0 bridgehead atoms. The van der Waals surface area contributed by atoms with Crippen molar-refractivity contribution >= 4 is 35.9 Å². The molecule has 2 aliphatic heterocycles. The van der Waals surface area contributed by atoms with Crippen LogP contribution in [0.5, 0.6) is 0 Å². The zero-order chi connectivity index (χ0) is 30.4. The van der Waals surface area contributed by atoms with E-state index < -0.39 is 84.4 Å². The second-order valence-corrected chi connectivity index (χ2v) is 10.2. The molecule has 0 aromatic rings. The molecule has 2 rings (SSSR count). The fourth-order valence-electron chi connectivity index (χ4n) is 4.27. The number of nitrogens with zero attached hydrogens (tertiary/aromatic N) is 1. The lowest BCUT2D eigenvalue weighted by Crippen LogP contribution is -2.72. The van der Waals surface area contributed by atoms with Crippen molar-refractivity contribution in [1.82, 2.24) is 5.06 Å². The molecule has 226 valence electrons. The van der Waals surface area contributed by atoms with Gasteiger partial charge in [-0.25, -0.2) is 14.4 Å². The van der Waals surface area contributed by atoms with E-state index in [2.05, 4.69) is 0 Å². The standard InChI is InChI=1S/C25H37NO14/c1-9-33-22(31)17-10-11-25(40-26(17)23(32)39-24(6,7)8)21(37-16(5)30)20(36-15(4)29)19(35-14(3)28)18(38-25)12-34-13(2)27/h17-21H,9-12H2,1-8H3/t17-,18+,19+,20-,21+,25+/m0/s1. The molecular formula is C25H37NO14. The Kier molecular flexibility index (Phi) is 10.9. The summed E-state index contributed by atoms with van der Waals surface area (Å²) in [5, 5.41) is 0.614. The molecule has 2 aliphatic rings. The van der Waals surface area contributed by atoms with Crippen LogP contribution in [-0.2, 0) is 62.0 Å². The quantitative estimate of drug-likeness (QED) is 0.313. The van der Waals surface area contributed by atoms with Crippen molar-refractivity contribution in [2.75, 3.05) is 13.2 Å². The van der Waals surface area contributed by atoms with E-state index in [0.717, 1.165) is 27.7 Å². The molecule has 6 atom stereocenters. The second kappa shape index (κ2) is 13.3. The van der Waals surface area contributed by atoms with Crippen molar-refractivity contribution in [1.29, 1.82) is 0 Å². The van der Waals surface area contributed by atoms with E-state index in [4.69, 9.17) is 38.0 Å². The Hall–Kier alpha value is -3.46. The molecule has 2 saturated heterocycles. The monoisotopic (exact) mass is 575 g/mol. The number of amides is 1. The van der Waals surface area contributed by atoms with Crippen LogP contribution in [0.25, 0.3) is 0 Å². The van der Waals surface area contributed by atoms with Gasteiger partial charge in [0.1, 0.15) is 18.3 Å². The maximum absolute atomic E-state index is 13.2. The molecule has 2 fully saturated rings. The van der Waals surface area contributed by atoms with Crippen LogP contribution < -0.4 is 0 Å². The van der Waals surface area contributed by atoms with Gasteiger partial charge in [-0.15, -0.1) is 0 Å². The van der Waals surface area contributed by atoms with Gasteiger partial charge < -0.3 is 33.2 Å². The summed E-state index contributed by atoms with van der Waals surface area (Å²) in [4.78, 5) is 80.0. The van der Waals surface area contributed by atoms with Gasteiger partial charge in [-0.3, -0.25) is 19.2 Å². The molecule has 0 N–H and O–H groups in total. The van der Waals surface area contributed by atoms with Gasteiger partial charge in [0.2, 0.25) is 5.79 Å². The maximum atomic E-state index is 13.2. The van der Waals surface area contributed by atoms with E-state index >= 15 is 0 Å². The van der Waals surface area contributed by atoms with Gasteiger partial charge in [-0.1, -0.05) is 0 Å². The zero-order valence-electron chi connectivity index (χ0n) is 23.9. The van der Waals surface area contributed by atoms with Crippen molar-refractivity contribution in [3.63, 3.8) is 0 Å². The average molecular weight is 576 g/mol. The molecule has 2 heterocycles. The number of esters is 5. The first-order valence-electron chi connectivity index (χ1n) is 12.7. The molecule has 0 aromatic heterocycles. The molecule has 0 radical (unpaired) electrons. The number of hydrogen-bond donors (Lipinski definition) is 0. The molecule has 15 nitrogen and oxygen atoms in total. The molecule has 1 amide bonds. The average Bonchev–Trinajstić information content (AvgIpc) is 2.80. The van der Waals surface area contributed by atoms with Crippen molar-refractivity contribution < 1.29 is 66.8 Å². The number of ether oxygens (including phenoxy) is 7. The lowest BCUT2D eigenvalue weighted by molar-refractivity contribution is -0.432. The lowest BCUT2D eigenvalue weighted by atomic mass is 9.87. The summed E-state index contributed by atoms with van der Waals surface area (Å²) in [6.07, 6.45) is -7.37. The minimum atomic E-state index is -2.10. The molecule has 0 aliphatic carbocycles. The van der Waals surface area contributed by atoms with Crippen LogP contribution in [0.1, 0.15) is 68.2 Å². The summed E-state index contributed by atoms with van der Waals surface area (Å²) in [5.74, 6) is -6.11. The summed E-state index contributed by atoms with van der Waals surface area (Å²) in [6.45, 7) is 10.2. The minimum absolute atomic E-state index is 0.0122. The predicted octanol–water partition coefficient (Wildman–Crippen LogP) is 1.33. The normalized spacial score (nSPS) is 28.2. The third-order valence-electron chi connectivity index (χ3n) is 5.56. The molecule has 0 aromatic carbocycles. The molecule has 0 unspecified atom stereocenters. The van der Waals surface area contributed by atoms with Crippen molar-refractivity contribution in [2.24, 2.45) is 0 Å². The highest BCUT2D eigenvalue weighted by atomic mass is 16.9. The van der Waals surface area contributed by atoms with Gasteiger partial charge >= 0.3 is 35.9 Å². The van der Waals surface area contributed by atoms with E-state index in [0.29, 0.717) is 5.06 Å². The third-order valence-corrected chi connectivity index (χ3v) is 5.56. The first-order chi connectivity index (χ1) is 18.5. The van der Waals surface area contributed by atoms with Gasteiger partial charge in [0.15, 0.2) is 24.4 Å². The molecule has 40 heavy (non-hydrogen) atoms. The van der Waals surface area contributed by atoms with E-state index in [1.807, 2.05) is 0 Å². The van der Waals surface area contributed by atoms with Crippen molar-refractivity contribution in [3.8, 4) is 0 Å². The summed E-state index contributed by atoms with van der Waals surface area (Å²) < 4.78 is 38.1. The van der Waals surface area contributed by atoms with Crippen LogP contribution in [0.2, 0.25) is 0 Å². The Morgan fingerprint density at radius 3 is 1.93 bits per heavy atom. The van der Waals surface area contributed by atoms with Crippen LogP contribution in [0.15, 0.2) is 0 Å². The Morgan fingerprint density at radius 2 is 1.43 bits per heavy atom. The molecule has 15 heteroatoms. The highest BCUT2D eigenvalue weighted by Crippen LogP contribution is 2.44. The lowest BCUT2D eigenvalue weighted by Gasteiger charge is -2.53. The topological polar surface area (TPSA) is 180 Å². The van der Waals surface area contributed by atoms with Gasteiger partial charge in [-0.05, 0) is 34.1 Å². The highest BCUT2D eigenvalue weighted by Gasteiger charge is 2.64. The maximum Gasteiger partial charge on any atom is 0.435 e. The molecule has 0 saturated carbocycles. The fraction of sp³-hybridized carbons (Fsp3) is 0.760. The van der Waals surface area contributed by atoms with Crippen LogP contribution >= 0.6 is 0 Å². The SMILES string of the molecule is CCOC(=O)[C@@H]1CC[C@@]2(O[C@H](COC(C)=O)[C@@H](OC(C)=O)[C@H](OC(C)=O)[C@H]2OC(C)=O)ON1C(=O)OC(C)(C)C. The predicted molar refractivity (Wildman–Crippen MR) is 130 cm³/mol. The minimum Gasteiger partial charge on any atom is -0.464 e. The van der Waals surface area contributed by atoms with E-state index in [1.165, 1.54) is 0 Å². The van der Waals surface area contributed by atoms with Crippen molar-refractivity contribution in [3.05, 3.63) is 0 Å². The summed E-state index contributed by atoms with van der Waals surface area (Å²) >= 11 is 0. The molecular weight excluding hydrogens is 538 g/mol. The Balaban J connectivity index is 2.67. The molecule has 1 spiro atoms. The number of hydroxylamine groups is 2. The number of hydrogen-bond acceptors (Lipinski definition) is 14. The van der Waals surface area contributed by atoms with E-state index in [-0.39, 0.29) is 19.4 Å². The first-order valence-corrected chi connectivity index (χ1v) is 12.7. The zero-order valence-corrected chi connectivity index (χ0v) is 23.9. The third kappa shape index (κ3) is 8.52. The van der Waals surface area contributed by atoms with E-state index in [9.17, 15) is 28.8 Å². The Labute approximate surface area is 231 Å². The van der Waals surface area contributed by atoms with Crippen LogP contribution in [0, 0.1) is 0 Å². The van der Waals surface area contributed by atoms with Gasteiger partial charge in [0.25, 0.3) is 0 Å². The van der Waals surface area contributed by atoms with Crippen molar-refractivity contribution in [2.45, 2.75) is 110 Å². The second-order valence-electron chi connectivity index (χ2n) is 10.2. The number of rotatable bonds is 7. The summed E-state index contributed by atoms with van der Waals surface area (Å²) in [7, 11) is 0. The van der Waals surface area contributed by atoms with E-state index in [1.54, 1.807) is 27.7 Å². The number of carbonyl (C=O) groups is 6. The van der Waals surface area contributed by atoms with Gasteiger partial charge in [0, 0.05) is 34.1 Å². The van der Waals surface area contributed by atoms with Crippen LogP contribution in [0.4, 0.5) is 4.79 Å². The van der Waals surface area contributed by atoms with Gasteiger partial charge in [0.05, 0.1) is 6.61 Å². The summed E-state index contributed by atoms with van der Waals surface area (Å²) in [5.41, 5.74) is -1.01. The smallest absolute Gasteiger partial charge is 0.435 e. The largest absolute Gasteiger partial charge is 0.464 e. The Morgan fingerprint density at radius 1 is 0.850 bits per heavy atom.